The summed E-state index contributed by atoms with van der Waals surface area (Å²) < 4.78 is 0. The number of thioether (sulfide) groups is 1. The summed E-state index contributed by atoms with van der Waals surface area (Å²) >= 11 is 2.12. The average Bonchev–Trinajstić information content (AvgIpc) is 2.04. The van der Waals surface area contributed by atoms with E-state index in [1.54, 1.807) is 0 Å². The van der Waals surface area contributed by atoms with Crippen molar-refractivity contribution in [2.45, 2.75) is 53.4 Å². The van der Waals surface area contributed by atoms with Crippen molar-refractivity contribution in [1.29, 1.82) is 0 Å². The van der Waals surface area contributed by atoms with E-state index in [-0.39, 0.29) is 0 Å². The van der Waals surface area contributed by atoms with Crippen molar-refractivity contribution in [1.82, 2.24) is 0 Å². The molecule has 74 valence electrons. The van der Waals surface area contributed by atoms with E-state index in [9.17, 15) is 0 Å². The number of rotatable bonds is 7. The van der Waals surface area contributed by atoms with Gasteiger partial charge in [0.05, 0.1) is 0 Å². The molecule has 0 spiro atoms. The molecule has 0 saturated heterocycles. The Balaban J connectivity index is 3.19. The first-order chi connectivity index (χ1) is 5.62. The second-order valence-electron chi connectivity index (χ2n) is 4.23. The molecular weight excluding hydrogens is 164 g/mol. The summed E-state index contributed by atoms with van der Waals surface area (Å²) in [5.41, 5.74) is 0.569. The van der Waals surface area contributed by atoms with Crippen LogP contribution in [0.1, 0.15) is 53.4 Å². The smallest absolute Gasteiger partial charge is 0.00625 e. The summed E-state index contributed by atoms with van der Waals surface area (Å²) in [5, 5.41) is 0. The van der Waals surface area contributed by atoms with E-state index in [4.69, 9.17) is 0 Å². The maximum absolute atomic E-state index is 2.37. The Kier molecular flexibility index (Phi) is 7.02. The van der Waals surface area contributed by atoms with Gasteiger partial charge in [-0.1, -0.05) is 40.5 Å². The van der Waals surface area contributed by atoms with Crippen LogP contribution in [0.3, 0.4) is 0 Å². The van der Waals surface area contributed by atoms with Crippen molar-refractivity contribution in [3.63, 3.8) is 0 Å². The molecule has 0 heterocycles. The van der Waals surface area contributed by atoms with Crippen molar-refractivity contribution in [2.75, 3.05) is 11.5 Å². The molecule has 0 saturated carbocycles. The Morgan fingerprint density at radius 2 is 1.75 bits per heavy atom. The highest BCUT2D eigenvalue weighted by Gasteiger charge is 2.13. The van der Waals surface area contributed by atoms with Gasteiger partial charge in [0.2, 0.25) is 0 Å². The summed E-state index contributed by atoms with van der Waals surface area (Å²) in [7, 11) is 0. The molecule has 0 bridgehead atoms. The molecule has 0 aromatic carbocycles. The minimum Gasteiger partial charge on any atom is -0.162 e. The van der Waals surface area contributed by atoms with E-state index in [0.717, 1.165) is 0 Å². The molecule has 0 nitrogen and oxygen atoms in total. The second kappa shape index (κ2) is 6.82. The van der Waals surface area contributed by atoms with Crippen molar-refractivity contribution in [3.8, 4) is 0 Å². The topological polar surface area (TPSA) is 0 Å². The lowest BCUT2D eigenvalue weighted by atomic mass is 9.87. The number of unbranched alkanes of at least 4 members (excludes halogenated alkanes) is 1. The third-order valence-corrected chi connectivity index (χ3v) is 3.59. The molecule has 0 aromatic rings. The summed E-state index contributed by atoms with van der Waals surface area (Å²) in [4.78, 5) is 0. The standard InChI is InChI=1S/C11H24S/c1-5-7-9-12-10-8-11(3,4)6-2/h5-10H2,1-4H3. The predicted octanol–water partition coefficient (Wildman–Crippen LogP) is 4.35. The quantitative estimate of drug-likeness (QED) is 0.535. The van der Waals surface area contributed by atoms with Gasteiger partial charge in [-0.2, -0.15) is 11.8 Å². The zero-order valence-corrected chi connectivity index (χ0v) is 9.97. The maximum atomic E-state index is 2.37. The van der Waals surface area contributed by atoms with Crippen molar-refractivity contribution >= 4 is 11.8 Å². The van der Waals surface area contributed by atoms with Crippen LogP contribution in [0.2, 0.25) is 0 Å². The largest absolute Gasteiger partial charge is 0.162 e. The van der Waals surface area contributed by atoms with E-state index in [1.165, 1.54) is 37.2 Å². The second-order valence-corrected chi connectivity index (χ2v) is 5.46. The van der Waals surface area contributed by atoms with Gasteiger partial charge in [0.25, 0.3) is 0 Å². The Hall–Kier alpha value is 0.350. The molecule has 0 unspecified atom stereocenters. The van der Waals surface area contributed by atoms with Crippen LogP contribution in [-0.4, -0.2) is 11.5 Å². The van der Waals surface area contributed by atoms with Gasteiger partial charge in [0, 0.05) is 0 Å². The van der Waals surface area contributed by atoms with Gasteiger partial charge in [-0.05, 0) is 29.8 Å². The van der Waals surface area contributed by atoms with Crippen LogP contribution in [0.4, 0.5) is 0 Å². The first-order valence-corrected chi connectivity index (χ1v) is 6.35. The first kappa shape index (κ1) is 12.3. The van der Waals surface area contributed by atoms with Crippen LogP contribution in [-0.2, 0) is 0 Å². The van der Waals surface area contributed by atoms with Gasteiger partial charge in [0.15, 0.2) is 0 Å². The summed E-state index contributed by atoms with van der Waals surface area (Å²) in [6.45, 7) is 9.29. The molecule has 0 fully saturated rings. The van der Waals surface area contributed by atoms with Gasteiger partial charge >= 0.3 is 0 Å². The summed E-state index contributed by atoms with van der Waals surface area (Å²) in [6, 6.07) is 0. The SMILES string of the molecule is CCCCSCCC(C)(C)CC. The molecule has 12 heavy (non-hydrogen) atoms. The Morgan fingerprint density at radius 1 is 1.08 bits per heavy atom. The molecular formula is C11H24S. The van der Waals surface area contributed by atoms with Crippen LogP contribution in [0.5, 0.6) is 0 Å². The van der Waals surface area contributed by atoms with E-state index in [0.29, 0.717) is 5.41 Å². The van der Waals surface area contributed by atoms with Crippen LogP contribution in [0, 0.1) is 5.41 Å². The lowest BCUT2D eigenvalue weighted by Gasteiger charge is -2.21. The highest BCUT2D eigenvalue weighted by molar-refractivity contribution is 7.99. The van der Waals surface area contributed by atoms with E-state index in [2.05, 4.69) is 39.5 Å². The van der Waals surface area contributed by atoms with E-state index < -0.39 is 0 Å². The maximum Gasteiger partial charge on any atom is -0.00625 e. The van der Waals surface area contributed by atoms with Crippen molar-refractivity contribution in [2.24, 2.45) is 5.41 Å². The normalized spacial score (nSPS) is 12.0. The predicted molar refractivity (Wildman–Crippen MR) is 60.9 cm³/mol. The average molecular weight is 188 g/mol. The molecule has 0 aliphatic rings. The molecule has 0 amide bonds. The zero-order valence-electron chi connectivity index (χ0n) is 9.15. The fraction of sp³-hybridized carbons (Fsp3) is 1.00. The van der Waals surface area contributed by atoms with Crippen LogP contribution in [0.25, 0.3) is 0 Å². The third-order valence-electron chi connectivity index (χ3n) is 2.52. The van der Waals surface area contributed by atoms with Gasteiger partial charge in [-0.3, -0.25) is 0 Å². The number of hydrogen-bond acceptors (Lipinski definition) is 1. The van der Waals surface area contributed by atoms with Crippen LogP contribution < -0.4 is 0 Å². The Morgan fingerprint density at radius 3 is 2.25 bits per heavy atom. The van der Waals surface area contributed by atoms with Crippen molar-refractivity contribution in [3.05, 3.63) is 0 Å². The van der Waals surface area contributed by atoms with Gasteiger partial charge in [0.1, 0.15) is 0 Å². The van der Waals surface area contributed by atoms with Gasteiger partial charge in [-0.15, -0.1) is 0 Å². The monoisotopic (exact) mass is 188 g/mol. The zero-order chi connectivity index (χ0) is 9.45. The molecule has 0 atom stereocenters. The highest BCUT2D eigenvalue weighted by Crippen LogP contribution is 2.26. The summed E-state index contributed by atoms with van der Waals surface area (Å²) in [6.07, 6.45) is 5.40. The molecule has 0 N–H and O–H groups in total. The molecule has 0 aromatic heterocycles. The minimum absolute atomic E-state index is 0.569. The van der Waals surface area contributed by atoms with E-state index >= 15 is 0 Å². The fourth-order valence-electron chi connectivity index (χ4n) is 0.874. The minimum atomic E-state index is 0.569. The molecule has 0 aliphatic heterocycles. The van der Waals surface area contributed by atoms with Crippen LogP contribution in [0.15, 0.2) is 0 Å². The van der Waals surface area contributed by atoms with E-state index in [1.807, 2.05) is 0 Å². The highest BCUT2D eigenvalue weighted by atomic mass is 32.2. The molecule has 1 heteroatoms. The van der Waals surface area contributed by atoms with Gasteiger partial charge < -0.3 is 0 Å². The van der Waals surface area contributed by atoms with Crippen molar-refractivity contribution < 1.29 is 0 Å². The molecule has 0 radical (unpaired) electrons. The number of hydrogen-bond donors (Lipinski definition) is 0. The Bertz CT molecular complexity index is 97.2. The fourth-order valence-corrected chi connectivity index (χ4v) is 2.27. The van der Waals surface area contributed by atoms with Gasteiger partial charge in [-0.25, -0.2) is 0 Å². The molecule has 0 aliphatic carbocycles. The summed E-state index contributed by atoms with van der Waals surface area (Å²) in [5.74, 6) is 2.71. The Labute approximate surface area is 82.5 Å². The van der Waals surface area contributed by atoms with Crippen LogP contribution >= 0.6 is 11.8 Å². The lowest BCUT2D eigenvalue weighted by Crippen LogP contribution is -2.10. The first-order valence-electron chi connectivity index (χ1n) is 5.20. The third kappa shape index (κ3) is 7.02. The lowest BCUT2D eigenvalue weighted by molar-refractivity contribution is 0.341. The molecule has 0 rings (SSSR count).